The van der Waals surface area contributed by atoms with Gasteiger partial charge in [-0.3, -0.25) is 14.9 Å². The lowest BCUT2D eigenvalue weighted by atomic mass is 10.1. The number of rotatable bonds is 15. The predicted molar refractivity (Wildman–Crippen MR) is 186 cm³/mol. The number of aromatic nitrogens is 2. The number of carbonyl (C=O) groups is 2. The van der Waals surface area contributed by atoms with Crippen LogP contribution in [0.15, 0.2) is 57.6 Å². The molecule has 0 bridgehead atoms. The van der Waals surface area contributed by atoms with E-state index in [1.807, 2.05) is 17.0 Å². The largest absolute Gasteiger partial charge is 0.480 e. The second kappa shape index (κ2) is 15.4. The Kier molecular flexibility index (Phi) is 11.1. The highest BCUT2D eigenvalue weighted by atomic mass is 32.2. The summed E-state index contributed by atoms with van der Waals surface area (Å²) in [6, 6.07) is 6.55. The molecule has 0 unspecified atom stereocenters. The van der Waals surface area contributed by atoms with Gasteiger partial charge in [-0.05, 0) is 42.5 Å². The highest BCUT2D eigenvalue weighted by molar-refractivity contribution is 7.92. The van der Waals surface area contributed by atoms with Gasteiger partial charge in [-0.1, -0.05) is 6.07 Å². The Morgan fingerprint density at radius 2 is 1.83 bits per heavy atom. The van der Waals surface area contributed by atoms with Crippen molar-refractivity contribution in [2.24, 2.45) is 5.73 Å². The van der Waals surface area contributed by atoms with E-state index in [-0.39, 0.29) is 34.4 Å². The number of nitrogens with zero attached hydrogens (tertiary/aromatic N) is 4. The molecule has 0 saturated carbocycles. The molecule has 4 heterocycles. The number of carbonyl (C=O) groups excluding carboxylic acids is 1. The lowest BCUT2D eigenvalue weighted by Crippen LogP contribution is -2.46. The number of hydrogen-bond acceptors (Lipinski definition) is 13. The molecule has 1 fully saturated rings. The number of thiazole rings is 2. The first-order valence-corrected chi connectivity index (χ1v) is 18.6. The number of anilines is 4. The summed E-state index contributed by atoms with van der Waals surface area (Å²) in [6.07, 6.45) is 2.23. The van der Waals surface area contributed by atoms with E-state index in [1.54, 1.807) is 40.2 Å². The van der Waals surface area contributed by atoms with E-state index >= 15 is 0 Å². The normalized spacial score (nSPS) is 14.0. The van der Waals surface area contributed by atoms with Crippen molar-refractivity contribution in [3.63, 3.8) is 0 Å². The van der Waals surface area contributed by atoms with Gasteiger partial charge < -0.3 is 36.6 Å². The van der Waals surface area contributed by atoms with E-state index in [4.69, 9.17) is 16.1 Å². The van der Waals surface area contributed by atoms with Gasteiger partial charge in [-0.15, -0.1) is 34.0 Å². The average molecular weight is 719 g/mol. The van der Waals surface area contributed by atoms with Crippen LogP contribution in [0.1, 0.15) is 28.2 Å². The first-order chi connectivity index (χ1) is 22.6. The molecule has 8 N–H and O–H groups in total. The van der Waals surface area contributed by atoms with Crippen LogP contribution in [0.2, 0.25) is 0 Å². The third kappa shape index (κ3) is 9.09. The molecule has 0 radical (unpaired) electrons. The van der Waals surface area contributed by atoms with Crippen LogP contribution in [0, 0.1) is 5.41 Å². The first-order valence-electron chi connectivity index (χ1n) is 14.5. The zero-order valence-corrected chi connectivity index (χ0v) is 28.3. The molecule has 1 aromatic carbocycles. The zero-order chi connectivity index (χ0) is 33.4. The SMILES string of the molecule is N=C(N)NCCC[C@H](NC(=O)c1sccc1NS(=O)(=O)c1cccc(NCc2csc(N3CCN(c4nccs4)CC3)n2)c1)C(=O)O. The van der Waals surface area contributed by atoms with Gasteiger partial charge in [0.2, 0.25) is 0 Å². The van der Waals surface area contributed by atoms with E-state index in [2.05, 4.69) is 35.5 Å². The topological polar surface area (TPSA) is 219 Å². The number of carboxylic acids is 1. The van der Waals surface area contributed by atoms with E-state index in [9.17, 15) is 23.1 Å². The summed E-state index contributed by atoms with van der Waals surface area (Å²) in [4.78, 5) is 38.4. The number of amides is 1. The molecule has 1 aliphatic rings. The fraction of sp³-hybridized carbons (Fsp3) is 0.321. The van der Waals surface area contributed by atoms with Crippen LogP contribution in [0.25, 0.3) is 0 Å². The lowest BCUT2D eigenvalue weighted by molar-refractivity contribution is -0.139. The summed E-state index contributed by atoms with van der Waals surface area (Å²) in [6.45, 7) is 4.11. The molecule has 0 spiro atoms. The zero-order valence-electron chi connectivity index (χ0n) is 25.0. The van der Waals surface area contributed by atoms with Crippen molar-refractivity contribution in [2.45, 2.75) is 30.3 Å². The smallest absolute Gasteiger partial charge is 0.326 e. The maximum absolute atomic E-state index is 13.3. The van der Waals surface area contributed by atoms with Gasteiger partial charge in [-0.25, -0.2) is 23.2 Å². The molecule has 1 saturated heterocycles. The standard InChI is InChI=1S/C28H34N10O5S4/c29-26(30)31-7-2-5-22(25(40)41)35-24(39)23-21(6-13-44-23)36-47(42,43)20-4-1-3-18(15-20)33-16-19-17-46-28(34-19)38-11-9-37(10-12-38)27-32-8-14-45-27/h1,3-4,6,8,13-15,17,22,33,36H,2,5,7,9-12,16H2,(H,35,39)(H,40,41)(H4,29,30,31)/t22-/m0/s1. The van der Waals surface area contributed by atoms with Crippen molar-refractivity contribution >= 4 is 83.5 Å². The summed E-state index contributed by atoms with van der Waals surface area (Å²) in [7, 11) is -4.09. The molecule has 0 aliphatic carbocycles. The number of piperazine rings is 1. The van der Waals surface area contributed by atoms with Crippen LogP contribution in [-0.2, 0) is 21.4 Å². The fourth-order valence-corrected chi connectivity index (χ4v) is 8.24. The Labute approximate surface area is 283 Å². The summed E-state index contributed by atoms with van der Waals surface area (Å²) in [5.74, 6) is -2.19. The van der Waals surface area contributed by atoms with Crippen molar-refractivity contribution in [2.75, 3.05) is 52.6 Å². The summed E-state index contributed by atoms with van der Waals surface area (Å²) < 4.78 is 29.1. The van der Waals surface area contributed by atoms with E-state index in [0.29, 0.717) is 18.7 Å². The number of nitrogens with two attached hydrogens (primary N) is 1. The first kappa shape index (κ1) is 33.9. The number of nitrogens with one attached hydrogen (secondary N) is 5. The molecule has 3 aromatic heterocycles. The van der Waals surface area contributed by atoms with Crippen LogP contribution in [0.5, 0.6) is 0 Å². The molecular formula is C28H34N10O5S4. The summed E-state index contributed by atoms with van der Waals surface area (Å²) >= 11 is 4.19. The maximum Gasteiger partial charge on any atom is 0.326 e. The van der Waals surface area contributed by atoms with Gasteiger partial charge in [0.05, 0.1) is 22.8 Å². The Morgan fingerprint density at radius 3 is 2.53 bits per heavy atom. The molecule has 4 aromatic rings. The van der Waals surface area contributed by atoms with Crippen molar-refractivity contribution < 1.29 is 23.1 Å². The van der Waals surface area contributed by atoms with Gasteiger partial charge >= 0.3 is 5.97 Å². The van der Waals surface area contributed by atoms with Crippen molar-refractivity contribution in [1.29, 1.82) is 5.41 Å². The summed E-state index contributed by atoms with van der Waals surface area (Å²) in [5.41, 5.74) is 6.68. The van der Waals surface area contributed by atoms with Crippen LogP contribution in [0.4, 0.5) is 21.6 Å². The number of benzene rings is 1. The highest BCUT2D eigenvalue weighted by Crippen LogP contribution is 2.28. The Bertz CT molecular complexity index is 1790. The van der Waals surface area contributed by atoms with Crippen LogP contribution in [0.3, 0.4) is 0 Å². The molecule has 5 rings (SSSR count). The Balaban J connectivity index is 1.16. The van der Waals surface area contributed by atoms with Crippen LogP contribution in [-0.4, -0.2) is 80.1 Å². The molecule has 1 amide bonds. The minimum Gasteiger partial charge on any atom is -0.480 e. The highest BCUT2D eigenvalue weighted by Gasteiger charge is 2.25. The molecule has 47 heavy (non-hydrogen) atoms. The number of carboxylic acid groups (broad SMARTS) is 1. The lowest BCUT2D eigenvalue weighted by Gasteiger charge is -2.34. The van der Waals surface area contributed by atoms with Crippen LogP contribution < -0.4 is 36.2 Å². The third-order valence-corrected chi connectivity index (χ3v) is 11.2. The van der Waals surface area contributed by atoms with Crippen molar-refractivity contribution in [3.05, 3.63) is 63.2 Å². The molecule has 1 aliphatic heterocycles. The minimum atomic E-state index is -4.09. The van der Waals surface area contributed by atoms with E-state index in [1.165, 1.54) is 18.2 Å². The van der Waals surface area contributed by atoms with E-state index < -0.39 is 27.9 Å². The fourth-order valence-electron chi connectivity index (χ4n) is 4.73. The van der Waals surface area contributed by atoms with Gasteiger partial charge in [0.15, 0.2) is 16.2 Å². The van der Waals surface area contributed by atoms with E-state index in [0.717, 1.165) is 53.5 Å². The van der Waals surface area contributed by atoms with Crippen molar-refractivity contribution in [3.8, 4) is 0 Å². The Morgan fingerprint density at radius 1 is 1.06 bits per heavy atom. The quantitative estimate of drug-likeness (QED) is 0.0536. The van der Waals surface area contributed by atoms with Gasteiger partial charge in [0, 0.05) is 55.4 Å². The summed E-state index contributed by atoms with van der Waals surface area (Å²) in [5, 5.41) is 32.5. The number of guanidine groups is 1. The van der Waals surface area contributed by atoms with Crippen LogP contribution >= 0.6 is 34.0 Å². The number of hydrogen-bond donors (Lipinski definition) is 7. The van der Waals surface area contributed by atoms with Gasteiger partial charge in [0.1, 0.15) is 10.9 Å². The predicted octanol–water partition coefficient (Wildman–Crippen LogP) is 2.85. The average Bonchev–Trinajstić information content (AvgIpc) is 3.84. The monoisotopic (exact) mass is 718 g/mol. The third-order valence-electron chi connectivity index (χ3n) is 7.10. The Hall–Kier alpha value is -4.46. The van der Waals surface area contributed by atoms with Gasteiger partial charge in [-0.2, -0.15) is 0 Å². The molecule has 250 valence electrons. The molecular weight excluding hydrogens is 685 g/mol. The number of aliphatic carboxylic acids is 1. The number of sulfonamides is 1. The molecule has 19 heteroatoms. The second-order valence-electron chi connectivity index (χ2n) is 10.4. The molecule has 1 atom stereocenters. The molecule has 15 nitrogen and oxygen atoms in total. The van der Waals surface area contributed by atoms with Gasteiger partial charge in [0.25, 0.3) is 15.9 Å². The number of thiophene rings is 1. The second-order valence-corrected chi connectivity index (χ2v) is 14.7. The minimum absolute atomic E-state index is 0.0153. The van der Waals surface area contributed by atoms with Crippen molar-refractivity contribution in [1.82, 2.24) is 20.6 Å². The maximum atomic E-state index is 13.3.